The fourth-order valence-electron chi connectivity index (χ4n) is 3.78. The Balaban J connectivity index is 1.41. The molecule has 0 aliphatic carbocycles. The fourth-order valence-corrected chi connectivity index (χ4v) is 5.23. The van der Waals surface area contributed by atoms with E-state index >= 15 is 0 Å². The molecular weight excluding hydrogens is 604 g/mol. The first kappa shape index (κ1) is 26.1. The van der Waals surface area contributed by atoms with Crippen LogP contribution in [-0.2, 0) is 17.8 Å². The molecule has 0 atom stereocenters. The minimum absolute atomic E-state index is 0.0107. The summed E-state index contributed by atoms with van der Waals surface area (Å²) in [6.45, 7) is 0.508. The number of non-ortho nitro benzene ring substituents is 1. The standard InChI is InChI=1S/C27H20Br2N4O4/c28-23-12-18(13-24(29)26(23)37-16-17-4-3-5-21(11-17)33(35)36)10-20(14-30)27(34)31-9-8-19-15-32-25-7-2-1-6-22(19)25/h1-7,10-13,15,32H,8-9,16H2,(H,31,34)/b20-10-. The number of hydrogen-bond donors (Lipinski definition) is 2. The summed E-state index contributed by atoms with van der Waals surface area (Å²) in [5.41, 5.74) is 3.35. The summed E-state index contributed by atoms with van der Waals surface area (Å²) in [6, 6.07) is 19.6. The maximum atomic E-state index is 12.6. The number of carbonyl (C=O) groups is 1. The zero-order valence-electron chi connectivity index (χ0n) is 19.3. The Morgan fingerprint density at radius 3 is 2.62 bits per heavy atom. The van der Waals surface area contributed by atoms with Gasteiger partial charge in [-0.1, -0.05) is 30.3 Å². The number of ether oxygens (including phenoxy) is 1. The number of nitriles is 1. The largest absolute Gasteiger partial charge is 0.487 e. The molecule has 1 heterocycles. The number of nitro benzene ring substituents is 1. The van der Waals surface area contributed by atoms with Crippen LogP contribution in [0.3, 0.4) is 0 Å². The summed E-state index contributed by atoms with van der Waals surface area (Å²) in [4.78, 5) is 26.4. The molecule has 1 amide bonds. The zero-order valence-corrected chi connectivity index (χ0v) is 22.5. The second-order valence-corrected chi connectivity index (χ2v) is 9.77. The summed E-state index contributed by atoms with van der Waals surface area (Å²) in [6.07, 6.45) is 4.05. The van der Waals surface area contributed by atoms with Gasteiger partial charge in [0.25, 0.3) is 11.6 Å². The molecule has 0 fully saturated rings. The number of fused-ring (bicyclic) bond motifs is 1. The molecule has 0 radical (unpaired) electrons. The van der Waals surface area contributed by atoms with Crippen molar-refractivity contribution in [3.05, 3.63) is 108 Å². The smallest absolute Gasteiger partial charge is 0.269 e. The molecule has 4 rings (SSSR count). The lowest BCUT2D eigenvalue weighted by atomic mass is 10.1. The lowest BCUT2D eigenvalue weighted by molar-refractivity contribution is -0.384. The van der Waals surface area contributed by atoms with Crippen molar-refractivity contribution < 1.29 is 14.5 Å². The summed E-state index contributed by atoms with van der Waals surface area (Å²) in [5.74, 6) is 0.0333. The second-order valence-electron chi connectivity index (χ2n) is 8.06. The van der Waals surface area contributed by atoms with Crippen molar-refractivity contribution in [2.24, 2.45) is 0 Å². The SMILES string of the molecule is N#C/C(=C/c1cc(Br)c(OCc2cccc([N+](=O)[O-])c2)c(Br)c1)C(=O)NCCc1c[nH]c2ccccc12. The number of nitrogens with one attached hydrogen (secondary N) is 2. The number of para-hydroxylation sites is 1. The zero-order chi connectivity index (χ0) is 26.4. The highest BCUT2D eigenvalue weighted by Gasteiger charge is 2.14. The average Bonchev–Trinajstić information content (AvgIpc) is 3.30. The first-order chi connectivity index (χ1) is 17.9. The van der Waals surface area contributed by atoms with Crippen molar-refractivity contribution in [3.63, 3.8) is 0 Å². The first-order valence-corrected chi connectivity index (χ1v) is 12.7. The van der Waals surface area contributed by atoms with Crippen molar-refractivity contribution >= 4 is 60.4 Å². The number of hydrogen-bond acceptors (Lipinski definition) is 5. The van der Waals surface area contributed by atoms with E-state index in [4.69, 9.17) is 4.74 Å². The van der Waals surface area contributed by atoms with E-state index in [0.29, 0.717) is 38.8 Å². The van der Waals surface area contributed by atoms with Crippen LogP contribution in [0.15, 0.2) is 81.4 Å². The highest BCUT2D eigenvalue weighted by Crippen LogP contribution is 2.36. The summed E-state index contributed by atoms with van der Waals surface area (Å²) >= 11 is 6.93. The normalized spacial score (nSPS) is 11.2. The van der Waals surface area contributed by atoms with Crippen molar-refractivity contribution in [1.82, 2.24) is 10.3 Å². The molecule has 4 aromatic rings. The average molecular weight is 624 g/mol. The number of amides is 1. The van der Waals surface area contributed by atoms with Gasteiger partial charge in [0.1, 0.15) is 24.0 Å². The van der Waals surface area contributed by atoms with Gasteiger partial charge in [-0.2, -0.15) is 5.26 Å². The molecule has 0 aliphatic heterocycles. The molecule has 0 unspecified atom stereocenters. The number of H-pyrrole nitrogens is 1. The molecule has 10 heteroatoms. The predicted octanol–water partition coefficient (Wildman–Crippen LogP) is 6.45. The van der Waals surface area contributed by atoms with Gasteiger partial charge >= 0.3 is 0 Å². The van der Waals surface area contributed by atoms with Crippen LogP contribution in [0.4, 0.5) is 5.69 Å². The van der Waals surface area contributed by atoms with Crippen LogP contribution in [0.25, 0.3) is 17.0 Å². The third-order valence-corrected chi connectivity index (χ3v) is 6.73. The van der Waals surface area contributed by atoms with Gasteiger partial charge in [-0.3, -0.25) is 14.9 Å². The number of aromatic nitrogens is 1. The minimum Gasteiger partial charge on any atom is -0.487 e. The van der Waals surface area contributed by atoms with Gasteiger partial charge in [-0.25, -0.2) is 0 Å². The molecule has 37 heavy (non-hydrogen) atoms. The third-order valence-electron chi connectivity index (χ3n) is 5.56. The Morgan fingerprint density at radius 1 is 1.14 bits per heavy atom. The molecule has 8 nitrogen and oxygen atoms in total. The van der Waals surface area contributed by atoms with Crippen molar-refractivity contribution in [2.75, 3.05) is 6.54 Å². The Hall–Kier alpha value is -3.94. The Bertz CT molecular complexity index is 1530. The fraction of sp³-hybridized carbons (Fsp3) is 0.111. The van der Waals surface area contributed by atoms with E-state index in [-0.39, 0.29) is 17.9 Å². The van der Waals surface area contributed by atoms with Gasteiger partial charge in [-0.05, 0) is 79.2 Å². The Kier molecular flexibility index (Phi) is 8.38. The monoisotopic (exact) mass is 622 g/mol. The number of rotatable bonds is 9. The minimum atomic E-state index is -0.458. The first-order valence-electron chi connectivity index (χ1n) is 11.2. The Labute approximate surface area is 229 Å². The van der Waals surface area contributed by atoms with E-state index in [1.807, 2.05) is 36.5 Å². The summed E-state index contributed by atoms with van der Waals surface area (Å²) < 4.78 is 7.04. The molecule has 3 aromatic carbocycles. The molecule has 186 valence electrons. The predicted molar refractivity (Wildman–Crippen MR) is 148 cm³/mol. The molecule has 0 bridgehead atoms. The van der Waals surface area contributed by atoms with E-state index < -0.39 is 10.8 Å². The van der Waals surface area contributed by atoms with Crippen LogP contribution in [0, 0.1) is 21.4 Å². The quantitative estimate of drug-likeness (QED) is 0.0961. The van der Waals surface area contributed by atoms with Crippen LogP contribution in [-0.4, -0.2) is 22.4 Å². The van der Waals surface area contributed by atoms with Gasteiger partial charge in [0.2, 0.25) is 0 Å². The molecular formula is C27H20Br2N4O4. The van der Waals surface area contributed by atoms with Crippen LogP contribution >= 0.6 is 31.9 Å². The molecule has 2 N–H and O–H groups in total. The second kappa shape index (κ2) is 11.9. The molecule has 0 saturated heterocycles. The van der Waals surface area contributed by atoms with Gasteiger partial charge in [-0.15, -0.1) is 0 Å². The van der Waals surface area contributed by atoms with E-state index in [2.05, 4.69) is 42.2 Å². The van der Waals surface area contributed by atoms with Gasteiger partial charge in [0.05, 0.1) is 13.9 Å². The van der Waals surface area contributed by atoms with Gasteiger partial charge in [0, 0.05) is 35.8 Å². The van der Waals surface area contributed by atoms with Crippen molar-refractivity contribution in [3.8, 4) is 11.8 Å². The van der Waals surface area contributed by atoms with E-state index in [1.165, 1.54) is 18.2 Å². The lowest BCUT2D eigenvalue weighted by Crippen LogP contribution is -2.26. The molecule has 0 aliphatic rings. The lowest BCUT2D eigenvalue weighted by Gasteiger charge is -2.12. The number of aromatic amines is 1. The van der Waals surface area contributed by atoms with Crippen molar-refractivity contribution in [1.29, 1.82) is 5.26 Å². The van der Waals surface area contributed by atoms with Crippen molar-refractivity contribution in [2.45, 2.75) is 13.0 Å². The van der Waals surface area contributed by atoms with Crippen LogP contribution in [0.2, 0.25) is 0 Å². The van der Waals surface area contributed by atoms with E-state index in [0.717, 1.165) is 16.5 Å². The number of nitrogens with zero attached hydrogens (tertiary/aromatic N) is 2. The third kappa shape index (κ3) is 6.44. The van der Waals surface area contributed by atoms with E-state index in [9.17, 15) is 20.2 Å². The van der Waals surface area contributed by atoms with Gasteiger partial charge < -0.3 is 15.0 Å². The topological polar surface area (TPSA) is 121 Å². The highest BCUT2D eigenvalue weighted by atomic mass is 79.9. The number of benzene rings is 3. The van der Waals surface area contributed by atoms with Crippen LogP contribution in [0.1, 0.15) is 16.7 Å². The van der Waals surface area contributed by atoms with Gasteiger partial charge in [0.15, 0.2) is 0 Å². The molecule has 0 saturated carbocycles. The highest BCUT2D eigenvalue weighted by molar-refractivity contribution is 9.11. The maximum Gasteiger partial charge on any atom is 0.269 e. The molecule has 1 aromatic heterocycles. The Morgan fingerprint density at radius 2 is 1.89 bits per heavy atom. The summed E-state index contributed by atoms with van der Waals surface area (Å²) in [7, 11) is 0. The molecule has 0 spiro atoms. The number of nitro groups is 1. The number of carbonyl (C=O) groups excluding carboxylic acids is 1. The van der Waals surface area contributed by atoms with Crippen LogP contribution < -0.4 is 10.1 Å². The maximum absolute atomic E-state index is 12.6. The number of halogens is 2. The summed E-state index contributed by atoms with van der Waals surface area (Å²) in [5, 5.41) is 24.5. The van der Waals surface area contributed by atoms with E-state index in [1.54, 1.807) is 24.3 Å². The van der Waals surface area contributed by atoms with Crippen LogP contribution in [0.5, 0.6) is 5.75 Å².